The van der Waals surface area contributed by atoms with Gasteiger partial charge in [0.25, 0.3) is 5.91 Å². The van der Waals surface area contributed by atoms with E-state index >= 15 is 0 Å². The molecule has 0 aliphatic carbocycles. The highest BCUT2D eigenvalue weighted by Gasteiger charge is 2.17. The number of nitrogens with one attached hydrogen (secondary N) is 1. The van der Waals surface area contributed by atoms with E-state index in [0.29, 0.717) is 43.6 Å². The lowest BCUT2D eigenvalue weighted by molar-refractivity contribution is 0.0773. The standard InChI is InChI=1S/C17H23N5O2/c1-3-21(4-2)16(23)14-7-5-6-13(12-14)15-18-17(20-19-15)22-8-10-24-11-9-22/h5-7,12H,3-4,8-11H2,1-2H3,(H,18,19,20). The number of ether oxygens (including phenoxy) is 1. The van der Waals surface area contributed by atoms with Gasteiger partial charge in [-0.05, 0) is 26.0 Å². The molecule has 1 aromatic carbocycles. The van der Waals surface area contributed by atoms with Gasteiger partial charge in [0.1, 0.15) is 0 Å². The number of benzene rings is 1. The van der Waals surface area contributed by atoms with Crippen LogP contribution in [-0.2, 0) is 4.74 Å². The molecule has 2 aromatic rings. The van der Waals surface area contributed by atoms with Crippen LogP contribution in [0.2, 0.25) is 0 Å². The van der Waals surface area contributed by atoms with E-state index in [1.54, 1.807) is 4.90 Å². The lowest BCUT2D eigenvalue weighted by Crippen LogP contribution is -2.36. The third-order valence-electron chi connectivity index (χ3n) is 4.20. The molecular formula is C17H23N5O2. The van der Waals surface area contributed by atoms with Gasteiger partial charge in [-0.3, -0.25) is 9.89 Å². The van der Waals surface area contributed by atoms with Gasteiger partial charge in [0.05, 0.1) is 13.2 Å². The van der Waals surface area contributed by atoms with Crippen molar-refractivity contribution in [2.45, 2.75) is 13.8 Å². The van der Waals surface area contributed by atoms with Crippen LogP contribution in [0, 0.1) is 0 Å². The summed E-state index contributed by atoms with van der Waals surface area (Å²) in [4.78, 5) is 21.0. The highest BCUT2D eigenvalue weighted by molar-refractivity contribution is 5.95. The van der Waals surface area contributed by atoms with E-state index in [9.17, 15) is 4.79 Å². The molecular weight excluding hydrogens is 306 g/mol. The van der Waals surface area contributed by atoms with Crippen molar-refractivity contribution >= 4 is 11.9 Å². The van der Waals surface area contributed by atoms with Gasteiger partial charge in [0, 0.05) is 37.3 Å². The number of aromatic nitrogens is 3. The number of nitrogens with zero attached hydrogens (tertiary/aromatic N) is 4. The fourth-order valence-electron chi connectivity index (χ4n) is 2.78. The van der Waals surface area contributed by atoms with Gasteiger partial charge in [-0.25, -0.2) is 0 Å². The monoisotopic (exact) mass is 329 g/mol. The van der Waals surface area contributed by atoms with Crippen molar-refractivity contribution < 1.29 is 9.53 Å². The number of carbonyl (C=O) groups excluding carboxylic acids is 1. The molecule has 0 atom stereocenters. The summed E-state index contributed by atoms with van der Waals surface area (Å²) in [7, 11) is 0. The molecule has 1 aromatic heterocycles. The molecule has 7 nitrogen and oxygen atoms in total. The first-order valence-electron chi connectivity index (χ1n) is 8.37. The largest absolute Gasteiger partial charge is 0.378 e. The van der Waals surface area contributed by atoms with E-state index in [-0.39, 0.29) is 5.91 Å². The normalized spacial score (nSPS) is 14.7. The second-order valence-corrected chi connectivity index (χ2v) is 5.64. The van der Waals surface area contributed by atoms with E-state index in [1.807, 2.05) is 38.1 Å². The molecule has 1 aliphatic rings. The van der Waals surface area contributed by atoms with Crippen molar-refractivity contribution in [2.24, 2.45) is 0 Å². The van der Waals surface area contributed by atoms with Crippen LogP contribution in [-0.4, -0.2) is 65.4 Å². The molecule has 0 radical (unpaired) electrons. The number of hydrogen-bond acceptors (Lipinski definition) is 5. The Kier molecular flexibility index (Phi) is 5.10. The van der Waals surface area contributed by atoms with Crippen LogP contribution in [0.1, 0.15) is 24.2 Å². The second kappa shape index (κ2) is 7.44. The third-order valence-corrected chi connectivity index (χ3v) is 4.20. The van der Waals surface area contributed by atoms with E-state index in [4.69, 9.17) is 4.74 Å². The SMILES string of the molecule is CCN(CC)C(=O)c1cccc(-c2nc(N3CCOCC3)n[nH]2)c1. The number of H-pyrrole nitrogens is 1. The van der Waals surface area contributed by atoms with Crippen LogP contribution in [0.25, 0.3) is 11.4 Å². The van der Waals surface area contributed by atoms with Gasteiger partial charge < -0.3 is 14.5 Å². The number of carbonyl (C=O) groups is 1. The average Bonchev–Trinajstić information content (AvgIpc) is 3.14. The molecule has 1 N–H and O–H groups in total. The average molecular weight is 329 g/mol. The van der Waals surface area contributed by atoms with Crippen LogP contribution in [0.5, 0.6) is 0 Å². The summed E-state index contributed by atoms with van der Waals surface area (Å²) >= 11 is 0. The molecule has 0 spiro atoms. The summed E-state index contributed by atoms with van der Waals surface area (Å²) in [5, 5.41) is 7.27. The Labute approximate surface area is 141 Å². The zero-order chi connectivity index (χ0) is 16.9. The van der Waals surface area contributed by atoms with Crippen LogP contribution in [0.15, 0.2) is 24.3 Å². The Morgan fingerprint density at radius 3 is 2.75 bits per heavy atom. The Morgan fingerprint density at radius 1 is 1.29 bits per heavy atom. The summed E-state index contributed by atoms with van der Waals surface area (Å²) < 4.78 is 5.35. The molecule has 2 heterocycles. The zero-order valence-corrected chi connectivity index (χ0v) is 14.2. The van der Waals surface area contributed by atoms with Gasteiger partial charge in [-0.15, -0.1) is 5.10 Å². The van der Waals surface area contributed by atoms with Crippen LogP contribution in [0.4, 0.5) is 5.95 Å². The number of hydrogen-bond donors (Lipinski definition) is 1. The molecule has 0 bridgehead atoms. The highest BCUT2D eigenvalue weighted by Crippen LogP contribution is 2.20. The van der Waals surface area contributed by atoms with Crippen LogP contribution in [0.3, 0.4) is 0 Å². The minimum Gasteiger partial charge on any atom is -0.378 e. The zero-order valence-electron chi connectivity index (χ0n) is 14.2. The molecule has 7 heteroatoms. The first-order valence-corrected chi connectivity index (χ1v) is 8.37. The van der Waals surface area contributed by atoms with Gasteiger partial charge in [0.15, 0.2) is 5.82 Å². The quantitative estimate of drug-likeness (QED) is 0.905. The number of amides is 1. The topological polar surface area (TPSA) is 74.3 Å². The Hall–Kier alpha value is -2.41. The third kappa shape index (κ3) is 3.41. The van der Waals surface area contributed by atoms with E-state index < -0.39 is 0 Å². The molecule has 0 unspecified atom stereocenters. The molecule has 128 valence electrons. The second-order valence-electron chi connectivity index (χ2n) is 5.64. The fraction of sp³-hybridized carbons (Fsp3) is 0.471. The fourth-order valence-corrected chi connectivity index (χ4v) is 2.78. The Balaban J connectivity index is 1.81. The predicted molar refractivity (Wildman–Crippen MR) is 92.1 cm³/mol. The molecule has 1 fully saturated rings. The van der Waals surface area contributed by atoms with Gasteiger partial charge >= 0.3 is 0 Å². The van der Waals surface area contributed by atoms with Gasteiger partial charge in [-0.1, -0.05) is 12.1 Å². The molecule has 1 amide bonds. The molecule has 3 rings (SSSR count). The van der Waals surface area contributed by atoms with Crippen molar-refractivity contribution in [2.75, 3.05) is 44.3 Å². The van der Waals surface area contributed by atoms with Crippen molar-refractivity contribution in [1.82, 2.24) is 20.1 Å². The number of rotatable bonds is 5. The maximum Gasteiger partial charge on any atom is 0.253 e. The highest BCUT2D eigenvalue weighted by atomic mass is 16.5. The smallest absolute Gasteiger partial charge is 0.253 e. The molecule has 0 saturated carbocycles. The van der Waals surface area contributed by atoms with E-state index in [0.717, 1.165) is 18.7 Å². The Morgan fingerprint density at radius 2 is 2.04 bits per heavy atom. The van der Waals surface area contributed by atoms with Gasteiger partial charge in [0.2, 0.25) is 5.95 Å². The summed E-state index contributed by atoms with van der Waals surface area (Å²) in [5.74, 6) is 1.38. The maximum absolute atomic E-state index is 12.5. The first kappa shape index (κ1) is 16.4. The maximum atomic E-state index is 12.5. The van der Waals surface area contributed by atoms with E-state index in [2.05, 4.69) is 20.1 Å². The summed E-state index contributed by atoms with van der Waals surface area (Å²) in [6.45, 7) is 8.32. The molecule has 1 aliphatic heterocycles. The summed E-state index contributed by atoms with van der Waals surface area (Å²) in [5.41, 5.74) is 1.53. The molecule has 24 heavy (non-hydrogen) atoms. The van der Waals surface area contributed by atoms with Crippen molar-refractivity contribution in [1.29, 1.82) is 0 Å². The predicted octanol–water partition coefficient (Wildman–Crippen LogP) is 1.79. The minimum atomic E-state index is 0.0368. The summed E-state index contributed by atoms with van der Waals surface area (Å²) in [6, 6.07) is 7.51. The molecule has 1 saturated heterocycles. The first-order chi connectivity index (χ1) is 11.7. The summed E-state index contributed by atoms with van der Waals surface area (Å²) in [6.07, 6.45) is 0. The van der Waals surface area contributed by atoms with Crippen molar-refractivity contribution in [3.63, 3.8) is 0 Å². The van der Waals surface area contributed by atoms with Crippen molar-refractivity contribution in [3.05, 3.63) is 29.8 Å². The van der Waals surface area contributed by atoms with Crippen LogP contribution < -0.4 is 4.90 Å². The number of morpholine rings is 1. The lowest BCUT2D eigenvalue weighted by atomic mass is 10.1. The lowest BCUT2D eigenvalue weighted by Gasteiger charge is -2.25. The van der Waals surface area contributed by atoms with Gasteiger partial charge in [-0.2, -0.15) is 4.98 Å². The number of anilines is 1. The minimum absolute atomic E-state index is 0.0368. The van der Waals surface area contributed by atoms with E-state index in [1.165, 1.54) is 0 Å². The Bertz CT molecular complexity index is 690. The van der Waals surface area contributed by atoms with Crippen molar-refractivity contribution in [3.8, 4) is 11.4 Å². The van der Waals surface area contributed by atoms with Crippen LogP contribution >= 0.6 is 0 Å². The number of aromatic amines is 1.